The Bertz CT molecular complexity index is 487. The maximum Gasteiger partial charge on any atom is 0.243 e. The molecule has 0 aliphatic rings. The van der Waals surface area contributed by atoms with Gasteiger partial charge in [0.2, 0.25) is 10.0 Å². The number of hydrogen-bond donors (Lipinski definition) is 2. The van der Waals surface area contributed by atoms with Gasteiger partial charge >= 0.3 is 0 Å². The lowest BCUT2D eigenvalue weighted by molar-refractivity contribution is 0.558. The molecule has 0 radical (unpaired) electrons. The summed E-state index contributed by atoms with van der Waals surface area (Å²) in [6, 6.07) is -0.0856. The summed E-state index contributed by atoms with van der Waals surface area (Å²) in [5.41, 5.74) is 0. The molecule has 1 aromatic rings. The minimum Gasteiger partial charge on any atom is -0.320 e. The van der Waals surface area contributed by atoms with Crippen LogP contribution in [0.3, 0.4) is 0 Å². The van der Waals surface area contributed by atoms with Crippen molar-refractivity contribution in [3.63, 3.8) is 0 Å². The van der Waals surface area contributed by atoms with Crippen molar-refractivity contribution in [2.45, 2.75) is 37.8 Å². The first kappa shape index (κ1) is 17.5. The number of rotatable bonds is 10. The molecule has 6 nitrogen and oxygen atoms in total. The molecule has 8 heteroatoms. The highest BCUT2D eigenvalue weighted by Gasteiger charge is 2.19. The number of nitrogens with zero attached hydrogens (tertiary/aromatic N) is 2. The molecular formula is C12H24N4O2S2. The van der Waals surface area contributed by atoms with Crippen LogP contribution in [0.15, 0.2) is 17.3 Å². The SMILES string of the molecule is CCSCC(C)NS(=O)(=O)c1cnn(CCCNC)c1. The smallest absolute Gasteiger partial charge is 0.243 e. The number of nitrogens with one attached hydrogen (secondary N) is 2. The van der Waals surface area contributed by atoms with Crippen LogP contribution in [0.5, 0.6) is 0 Å². The van der Waals surface area contributed by atoms with Gasteiger partial charge in [-0.25, -0.2) is 13.1 Å². The van der Waals surface area contributed by atoms with E-state index in [0.29, 0.717) is 6.54 Å². The lowest BCUT2D eigenvalue weighted by Crippen LogP contribution is -2.34. The van der Waals surface area contributed by atoms with E-state index in [1.54, 1.807) is 22.6 Å². The summed E-state index contributed by atoms with van der Waals surface area (Å²) in [6.45, 7) is 5.52. The average molecular weight is 320 g/mol. The predicted octanol–water partition coefficient (Wildman–Crippen LogP) is 0.913. The largest absolute Gasteiger partial charge is 0.320 e. The van der Waals surface area contributed by atoms with E-state index in [9.17, 15) is 8.42 Å². The quantitative estimate of drug-likeness (QED) is 0.627. The van der Waals surface area contributed by atoms with Gasteiger partial charge in [-0.3, -0.25) is 4.68 Å². The molecule has 0 saturated heterocycles. The van der Waals surface area contributed by atoms with E-state index in [2.05, 4.69) is 22.1 Å². The normalized spacial score (nSPS) is 13.6. The van der Waals surface area contributed by atoms with Crippen LogP contribution in [0.25, 0.3) is 0 Å². The molecule has 2 N–H and O–H groups in total. The molecule has 0 saturated carbocycles. The zero-order chi connectivity index (χ0) is 15.0. The average Bonchev–Trinajstić information content (AvgIpc) is 2.86. The number of hydrogen-bond acceptors (Lipinski definition) is 5. The van der Waals surface area contributed by atoms with Gasteiger partial charge < -0.3 is 5.32 Å². The van der Waals surface area contributed by atoms with Crippen molar-refractivity contribution < 1.29 is 8.42 Å². The third kappa shape index (κ3) is 5.82. The van der Waals surface area contributed by atoms with Crippen LogP contribution in [0.4, 0.5) is 0 Å². The van der Waals surface area contributed by atoms with E-state index in [-0.39, 0.29) is 10.9 Å². The molecule has 0 aliphatic heterocycles. The Morgan fingerprint density at radius 3 is 2.90 bits per heavy atom. The van der Waals surface area contributed by atoms with Crippen molar-refractivity contribution in [1.29, 1.82) is 0 Å². The maximum absolute atomic E-state index is 12.2. The highest BCUT2D eigenvalue weighted by atomic mass is 32.2. The van der Waals surface area contributed by atoms with Crippen LogP contribution in [-0.2, 0) is 16.6 Å². The molecule has 20 heavy (non-hydrogen) atoms. The summed E-state index contributed by atoms with van der Waals surface area (Å²) in [6.07, 6.45) is 3.90. The summed E-state index contributed by atoms with van der Waals surface area (Å²) in [4.78, 5) is 0.232. The van der Waals surface area contributed by atoms with Gasteiger partial charge in [0, 0.05) is 24.5 Å². The molecule has 1 rings (SSSR count). The monoisotopic (exact) mass is 320 g/mol. The van der Waals surface area contributed by atoms with Crippen molar-refractivity contribution in [1.82, 2.24) is 19.8 Å². The molecule has 116 valence electrons. The van der Waals surface area contributed by atoms with Gasteiger partial charge in [0.15, 0.2) is 0 Å². The summed E-state index contributed by atoms with van der Waals surface area (Å²) in [5.74, 6) is 1.75. The van der Waals surface area contributed by atoms with Gasteiger partial charge in [0.05, 0.1) is 6.20 Å². The fourth-order valence-electron chi connectivity index (χ4n) is 1.69. The lowest BCUT2D eigenvalue weighted by Gasteiger charge is -2.12. The molecule has 0 aromatic carbocycles. The first-order chi connectivity index (χ1) is 9.49. The Balaban J connectivity index is 2.59. The number of sulfonamides is 1. The highest BCUT2D eigenvalue weighted by Crippen LogP contribution is 2.10. The summed E-state index contributed by atoms with van der Waals surface area (Å²) in [7, 11) is -1.57. The van der Waals surface area contributed by atoms with E-state index in [1.807, 2.05) is 14.0 Å². The summed E-state index contributed by atoms with van der Waals surface area (Å²) >= 11 is 1.72. The Morgan fingerprint density at radius 1 is 1.50 bits per heavy atom. The van der Waals surface area contributed by atoms with Crippen LogP contribution in [0.1, 0.15) is 20.3 Å². The van der Waals surface area contributed by atoms with E-state index < -0.39 is 10.0 Å². The maximum atomic E-state index is 12.2. The molecule has 0 spiro atoms. The third-order valence-corrected chi connectivity index (χ3v) is 5.35. The molecule has 0 aliphatic carbocycles. The predicted molar refractivity (Wildman–Crippen MR) is 83.6 cm³/mol. The zero-order valence-electron chi connectivity index (χ0n) is 12.3. The van der Waals surface area contributed by atoms with E-state index >= 15 is 0 Å². The van der Waals surface area contributed by atoms with Crippen molar-refractivity contribution in [3.8, 4) is 0 Å². The molecule has 1 aromatic heterocycles. The van der Waals surface area contributed by atoms with Crippen molar-refractivity contribution in [3.05, 3.63) is 12.4 Å². The molecule has 0 bridgehead atoms. The van der Waals surface area contributed by atoms with E-state index in [0.717, 1.165) is 24.5 Å². The zero-order valence-corrected chi connectivity index (χ0v) is 13.9. The van der Waals surface area contributed by atoms with Crippen molar-refractivity contribution >= 4 is 21.8 Å². The van der Waals surface area contributed by atoms with Crippen LogP contribution in [0, 0.1) is 0 Å². The van der Waals surface area contributed by atoms with Gasteiger partial charge in [-0.2, -0.15) is 16.9 Å². The Morgan fingerprint density at radius 2 is 2.25 bits per heavy atom. The summed E-state index contributed by atoms with van der Waals surface area (Å²) in [5, 5.41) is 7.13. The molecule has 1 heterocycles. The van der Waals surface area contributed by atoms with Gasteiger partial charge in [-0.05, 0) is 32.7 Å². The van der Waals surface area contributed by atoms with Crippen LogP contribution < -0.4 is 10.0 Å². The van der Waals surface area contributed by atoms with Crippen LogP contribution >= 0.6 is 11.8 Å². The third-order valence-electron chi connectivity index (χ3n) is 2.66. The first-order valence-electron chi connectivity index (χ1n) is 6.76. The second kappa shape index (κ2) is 8.66. The summed E-state index contributed by atoms with van der Waals surface area (Å²) < 4.78 is 28.7. The lowest BCUT2D eigenvalue weighted by atomic mass is 10.4. The number of thioether (sulfide) groups is 1. The Hall–Kier alpha value is -0.570. The van der Waals surface area contributed by atoms with Crippen LogP contribution in [-0.4, -0.2) is 49.3 Å². The number of aryl methyl sites for hydroxylation is 1. The molecular weight excluding hydrogens is 296 g/mol. The second-order valence-corrected chi connectivity index (χ2v) is 7.61. The van der Waals surface area contributed by atoms with E-state index in [1.165, 1.54) is 6.20 Å². The number of aromatic nitrogens is 2. The molecule has 1 unspecified atom stereocenters. The fraction of sp³-hybridized carbons (Fsp3) is 0.750. The topological polar surface area (TPSA) is 76.0 Å². The first-order valence-corrected chi connectivity index (χ1v) is 9.40. The highest BCUT2D eigenvalue weighted by molar-refractivity contribution is 7.99. The second-order valence-electron chi connectivity index (χ2n) is 4.58. The van der Waals surface area contributed by atoms with Gasteiger partial charge in [0.1, 0.15) is 4.90 Å². The Kier molecular flexibility index (Phi) is 7.57. The van der Waals surface area contributed by atoms with E-state index in [4.69, 9.17) is 0 Å². The molecule has 0 amide bonds. The minimum absolute atomic E-state index is 0.0856. The van der Waals surface area contributed by atoms with Gasteiger partial charge in [-0.1, -0.05) is 6.92 Å². The van der Waals surface area contributed by atoms with Gasteiger partial charge in [-0.15, -0.1) is 0 Å². The van der Waals surface area contributed by atoms with Crippen LogP contribution in [0.2, 0.25) is 0 Å². The molecule has 0 fully saturated rings. The molecule has 1 atom stereocenters. The van der Waals surface area contributed by atoms with Gasteiger partial charge in [0.25, 0.3) is 0 Å². The Labute approximate surface area is 125 Å². The van der Waals surface area contributed by atoms with Crippen molar-refractivity contribution in [2.75, 3.05) is 25.1 Å². The fourth-order valence-corrected chi connectivity index (χ4v) is 3.66. The van der Waals surface area contributed by atoms with Crippen molar-refractivity contribution in [2.24, 2.45) is 0 Å². The minimum atomic E-state index is -3.46. The standard InChI is InChI=1S/C12H24N4O2S2/c1-4-19-10-11(2)15-20(17,18)12-8-14-16(9-12)7-5-6-13-3/h8-9,11,13,15H,4-7,10H2,1-3H3.